The number of phenols is 1. The number of aromatic hydroxyl groups is 1. The molecule has 7 atom stereocenters. The summed E-state index contributed by atoms with van der Waals surface area (Å²) in [5.74, 6) is -3.94. The van der Waals surface area contributed by atoms with Gasteiger partial charge in [-0.25, -0.2) is 22.8 Å². The summed E-state index contributed by atoms with van der Waals surface area (Å²) in [4.78, 5) is 99.3. The first-order chi connectivity index (χ1) is 33.3. The fourth-order valence-corrected chi connectivity index (χ4v) is 9.34. The van der Waals surface area contributed by atoms with Crippen LogP contribution in [-0.2, 0) is 46.8 Å². The zero-order chi connectivity index (χ0) is 50.7. The number of carboxylic acid groups (broad SMARTS) is 1. The summed E-state index contributed by atoms with van der Waals surface area (Å²) in [7, 11) is -3.07. The molecular weight excluding hydrogens is 951 g/mol. The molecule has 1 aliphatic rings. The van der Waals surface area contributed by atoms with Crippen LogP contribution in [0.4, 0.5) is 4.79 Å². The number of H-pyrrole nitrogens is 2. The van der Waals surface area contributed by atoms with E-state index in [-0.39, 0.29) is 42.1 Å². The number of sulfonamides is 1. The fourth-order valence-electron chi connectivity index (χ4n) is 7.66. The highest BCUT2D eigenvalue weighted by Gasteiger charge is 2.38. The molecular formula is C46H53N9O13S2. The molecule has 10 N–H and O–H groups in total. The number of carboxylic acids is 1. The molecule has 22 nitrogen and oxygen atoms in total. The number of para-hydroxylation sites is 1. The average Bonchev–Trinajstić information content (AvgIpc) is 3.92. The van der Waals surface area contributed by atoms with E-state index in [1.807, 2.05) is 12.1 Å². The number of aliphatic carboxylic acids is 1. The highest BCUT2D eigenvalue weighted by molar-refractivity contribution is 7.98. The number of urea groups is 1. The maximum atomic E-state index is 14.5. The number of amides is 5. The van der Waals surface area contributed by atoms with Crippen molar-refractivity contribution in [3.63, 3.8) is 0 Å². The molecule has 70 heavy (non-hydrogen) atoms. The standard InChI is InChI=1S/C46H53N9O13S2/c1-26(54(2)42(61)35(21-27-10-9-11-29(56)20-27)53-70(66,67)31-12-5-4-6-13-31)39(41(60)48-25-30-23-37(57)43(68-30)55-18-16-38(58)51-46(55)65)52-40(59)34(17-19-69-3)49-45(64)50-36(44(62)63)22-28-24-47-33-15-8-7-14-32(28)33/h4-16,18,20,24-26,34-37,39,43,47,53,56-57H,17,19,21-23H2,1-3H3,(H,48,60)(H,52,59)(H,62,63)(H2,49,50,64)(H,51,58,65)/b30-25+/t26?,34?,35?,36?,37-,39?,43-/m1/s1. The predicted octanol–water partition coefficient (Wildman–Crippen LogP) is 0.999. The van der Waals surface area contributed by atoms with E-state index in [0.717, 1.165) is 38.8 Å². The Balaban J connectivity index is 1.27. The van der Waals surface area contributed by atoms with Gasteiger partial charge >= 0.3 is 17.7 Å². The lowest BCUT2D eigenvalue weighted by Crippen LogP contribution is -2.62. The minimum absolute atomic E-state index is 0.00730. The lowest BCUT2D eigenvalue weighted by Gasteiger charge is -2.34. The van der Waals surface area contributed by atoms with Crippen molar-refractivity contribution >= 4 is 62.4 Å². The number of aromatic nitrogens is 3. The number of aliphatic hydroxyl groups excluding tert-OH is 1. The largest absolute Gasteiger partial charge is 0.508 e. The highest BCUT2D eigenvalue weighted by atomic mass is 32.2. The number of carbonyl (C=O) groups excluding carboxylic acids is 4. The number of nitrogens with one attached hydrogen (secondary N) is 7. The molecule has 6 rings (SSSR count). The summed E-state index contributed by atoms with van der Waals surface area (Å²) in [6, 6.07) is 13.0. The third kappa shape index (κ3) is 13.2. The monoisotopic (exact) mass is 1000 g/mol. The molecule has 3 heterocycles. The Labute approximate surface area is 404 Å². The molecule has 0 saturated carbocycles. The van der Waals surface area contributed by atoms with Crippen LogP contribution in [0.1, 0.15) is 37.1 Å². The van der Waals surface area contributed by atoms with E-state index in [1.54, 1.807) is 36.7 Å². The number of likely N-dealkylation sites (N-methyl/N-ethyl adjacent to an activating group) is 1. The molecule has 372 valence electrons. The van der Waals surface area contributed by atoms with Crippen LogP contribution in [0.2, 0.25) is 0 Å². The first-order valence-electron chi connectivity index (χ1n) is 21.8. The molecule has 5 aromatic rings. The summed E-state index contributed by atoms with van der Waals surface area (Å²) >= 11 is 1.33. The minimum Gasteiger partial charge on any atom is -0.508 e. The summed E-state index contributed by atoms with van der Waals surface area (Å²) < 4.78 is 36.4. The summed E-state index contributed by atoms with van der Waals surface area (Å²) in [5, 5.41) is 41.9. The highest BCUT2D eigenvalue weighted by Crippen LogP contribution is 2.30. The SMILES string of the molecule is CSCCC(NC(=O)NC(Cc1c[nH]c2ccccc12)C(=O)O)C(=O)NC(C(=O)N/C=C1\C[C@@H](O)[C@H](n2ccc(=O)[nH]c2=O)O1)C(C)N(C)C(=O)C(Cc1cccc(O)c1)NS(=O)(=O)c1ccccc1. The maximum absolute atomic E-state index is 14.5. The Bertz CT molecular complexity index is 2960. The van der Waals surface area contributed by atoms with E-state index in [0.29, 0.717) is 16.9 Å². The zero-order valence-electron chi connectivity index (χ0n) is 38.0. The number of carbonyl (C=O) groups is 5. The van der Waals surface area contributed by atoms with Crippen LogP contribution in [0.15, 0.2) is 124 Å². The summed E-state index contributed by atoms with van der Waals surface area (Å²) in [5.41, 5.74) is 0.201. The molecule has 1 aliphatic heterocycles. The summed E-state index contributed by atoms with van der Waals surface area (Å²) in [6.45, 7) is 1.40. The van der Waals surface area contributed by atoms with Crippen LogP contribution in [0.5, 0.6) is 5.75 Å². The molecule has 3 aromatic carbocycles. The normalized spacial score (nSPS) is 17.3. The van der Waals surface area contributed by atoms with Crippen molar-refractivity contribution in [1.82, 2.24) is 45.4 Å². The van der Waals surface area contributed by atoms with Gasteiger partial charge in [-0.3, -0.25) is 28.7 Å². The number of phenolic OH excluding ortho intramolecular Hbond substituents is 1. The van der Waals surface area contributed by atoms with Gasteiger partial charge < -0.3 is 51.2 Å². The first kappa shape index (κ1) is 52.0. The van der Waals surface area contributed by atoms with Gasteiger partial charge in [-0.15, -0.1) is 0 Å². The van der Waals surface area contributed by atoms with Crippen LogP contribution < -0.4 is 37.2 Å². The van der Waals surface area contributed by atoms with Crippen LogP contribution in [0.25, 0.3) is 10.9 Å². The fraction of sp³-hybridized carbons (Fsp3) is 0.326. The van der Waals surface area contributed by atoms with Crippen LogP contribution in [0, 0.1) is 0 Å². The number of thioether (sulfide) groups is 1. The van der Waals surface area contributed by atoms with Crippen molar-refractivity contribution in [3.8, 4) is 5.75 Å². The molecule has 2 aromatic heterocycles. The molecule has 0 bridgehead atoms. The Hall–Kier alpha value is -7.41. The number of rotatable bonds is 21. The van der Waals surface area contributed by atoms with Gasteiger partial charge in [-0.1, -0.05) is 48.5 Å². The Morgan fingerprint density at radius 2 is 1.64 bits per heavy atom. The Morgan fingerprint density at radius 3 is 2.34 bits per heavy atom. The number of fused-ring (bicyclic) bond motifs is 1. The molecule has 0 aliphatic carbocycles. The third-order valence-corrected chi connectivity index (χ3v) is 13.6. The maximum Gasteiger partial charge on any atom is 0.331 e. The number of aliphatic hydroxyl groups is 1. The van der Waals surface area contributed by atoms with E-state index >= 15 is 0 Å². The Kier molecular flexibility index (Phi) is 17.3. The van der Waals surface area contributed by atoms with E-state index < -0.39 is 93.5 Å². The second-order valence-electron chi connectivity index (χ2n) is 16.4. The first-order valence-corrected chi connectivity index (χ1v) is 24.6. The van der Waals surface area contributed by atoms with Gasteiger partial charge in [0, 0.05) is 55.5 Å². The van der Waals surface area contributed by atoms with E-state index in [9.17, 15) is 57.3 Å². The van der Waals surface area contributed by atoms with Crippen molar-refractivity contribution in [1.29, 1.82) is 0 Å². The Morgan fingerprint density at radius 1 is 0.929 bits per heavy atom. The van der Waals surface area contributed by atoms with Gasteiger partial charge in [-0.05, 0) is 73.2 Å². The average molecular weight is 1000 g/mol. The van der Waals surface area contributed by atoms with E-state index in [4.69, 9.17) is 4.74 Å². The van der Waals surface area contributed by atoms with Crippen molar-refractivity contribution in [3.05, 3.63) is 141 Å². The van der Waals surface area contributed by atoms with Gasteiger partial charge in [0.05, 0.1) is 10.9 Å². The molecule has 5 amide bonds. The number of hydrogen-bond acceptors (Lipinski definition) is 13. The van der Waals surface area contributed by atoms with Crippen molar-refractivity contribution in [2.24, 2.45) is 0 Å². The number of aromatic amines is 2. The number of nitrogens with zero attached hydrogens (tertiary/aromatic N) is 2. The smallest absolute Gasteiger partial charge is 0.331 e. The molecule has 1 fully saturated rings. The van der Waals surface area contributed by atoms with Crippen LogP contribution >= 0.6 is 11.8 Å². The van der Waals surface area contributed by atoms with Crippen molar-refractivity contribution < 1.29 is 52.4 Å². The van der Waals surface area contributed by atoms with E-state index in [1.165, 1.54) is 68.2 Å². The third-order valence-electron chi connectivity index (χ3n) is 11.5. The lowest BCUT2D eigenvalue weighted by molar-refractivity contribution is -0.139. The molecule has 0 spiro atoms. The van der Waals surface area contributed by atoms with Crippen LogP contribution in [-0.4, -0.2) is 128 Å². The molecule has 24 heteroatoms. The van der Waals surface area contributed by atoms with Gasteiger partial charge in [0.1, 0.15) is 41.8 Å². The molecule has 1 saturated heterocycles. The van der Waals surface area contributed by atoms with Gasteiger partial charge in [-0.2, -0.15) is 16.5 Å². The second kappa shape index (κ2) is 23.3. The van der Waals surface area contributed by atoms with Crippen molar-refractivity contribution in [2.45, 2.75) is 80.0 Å². The quantitative estimate of drug-likeness (QED) is 0.0491. The summed E-state index contributed by atoms with van der Waals surface area (Å²) in [6.07, 6.45) is 2.38. The van der Waals surface area contributed by atoms with Crippen LogP contribution in [0.3, 0.4) is 0 Å². The predicted molar refractivity (Wildman–Crippen MR) is 257 cm³/mol. The van der Waals surface area contributed by atoms with E-state index in [2.05, 4.69) is 36.0 Å². The van der Waals surface area contributed by atoms with Gasteiger partial charge in [0.2, 0.25) is 34.0 Å². The second-order valence-corrected chi connectivity index (χ2v) is 19.1. The zero-order valence-corrected chi connectivity index (χ0v) is 39.7. The minimum atomic E-state index is -4.35. The van der Waals surface area contributed by atoms with Gasteiger partial charge in [0.25, 0.3) is 5.56 Å². The number of benzene rings is 3. The lowest BCUT2D eigenvalue weighted by atomic mass is 10.0. The van der Waals surface area contributed by atoms with Crippen molar-refractivity contribution in [2.75, 3.05) is 19.1 Å². The number of ether oxygens (including phenoxy) is 1. The number of hydrogen-bond donors (Lipinski definition) is 10. The molecule has 5 unspecified atom stereocenters. The topological polar surface area (TPSA) is 323 Å². The van der Waals surface area contributed by atoms with Gasteiger partial charge in [0.15, 0.2) is 0 Å². The molecule has 0 radical (unpaired) electrons.